The third-order valence-electron chi connectivity index (χ3n) is 1.33. The molecule has 74 valence electrons. The van der Waals surface area contributed by atoms with Crippen molar-refractivity contribution in [3.63, 3.8) is 0 Å². The van der Waals surface area contributed by atoms with E-state index in [9.17, 15) is 22.4 Å². The van der Waals surface area contributed by atoms with Gasteiger partial charge in [0.2, 0.25) is 6.01 Å². The lowest BCUT2D eigenvalue weighted by atomic mass is 10.4. The van der Waals surface area contributed by atoms with Crippen LogP contribution in [0.2, 0.25) is 0 Å². The summed E-state index contributed by atoms with van der Waals surface area (Å²) in [5, 5.41) is 0.0783. The average molecular weight is 211 g/mol. The fourth-order valence-electron chi connectivity index (χ4n) is 0.773. The molecule has 0 bridgehead atoms. The van der Waals surface area contributed by atoms with Crippen LogP contribution in [-0.4, -0.2) is 31.3 Å². The van der Waals surface area contributed by atoms with Gasteiger partial charge in [0.25, 0.3) is 11.8 Å². The molecule has 0 saturated carbocycles. The Bertz CT molecular complexity index is 321. The Morgan fingerprint density at radius 1 is 1.31 bits per heavy atom. The van der Waals surface area contributed by atoms with Gasteiger partial charge >= 0.3 is 10.1 Å². The molecular formula is C5H6FNO5S. The van der Waals surface area contributed by atoms with Crippen LogP contribution in [0, 0.1) is 0 Å². The first-order valence-corrected chi connectivity index (χ1v) is 4.88. The minimum absolute atomic E-state index is 0.0783. The van der Waals surface area contributed by atoms with Crippen LogP contribution < -0.4 is 0 Å². The molecule has 8 heteroatoms. The van der Waals surface area contributed by atoms with Crippen molar-refractivity contribution in [2.45, 2.75) is 12.8 Å². The van der Waals surface area contributed by atoms with E-state index in [1.54, 1.807) is 0 Å². The van der Waals surface area contributed by atoms with E-state index in [-0.39, 0.29) is 17.9 Å². The zero-order valence-electron chi connectivity index (χ0n) is 6.40. The summed E-state index contributed by atoms with van der Waals surface area (Å²) in [5.74, 6) is -1.55. The summed E-state index contributed by atoms with van der Waals surface area (Å²) in [5.41, 5.74) is 0. The molecule has 1 aliphatic heterocycles. The fraction of sp³-hybridized carbons (Fsp3) is 0.600. The van der Waals surface area contributed by atoms with Crippen molar-refractivity contribution < 1.29 is 26.7 Å². The Morgan fingerprint density at radius 2 is 1.77 bits per heavy atom. The van der Waals surface area contributed by atoms with Gasteiger partial charge in [-0.1, -0.05) is 0 Å². The van der Waals surface area contributed by atoms with Gasteiger partial charge in [0.05, 0.1) is 0 Å². The highest BCUT2D eigenvalue weighted by atomic mass is 32.2. The lowest BCUT2D eigenvalue weighted by Gasteiger charge is -2.10. The maximum atomic E-state index is 11.7. The zero-order chi connectivity index (χ0) is 10.1. The standard InChI is InChI=1S/C5H6FNO5S/c6-3-13(10,11)12-7-4(8)1-2-5(7)9/h1-3H2. The Balaban J connectivity index is 2.74. The predicted octanol–water partition coefficient (Wildman–Crippen LogP) is -0.676. The van der Waals surface area contributed by atoms with Gasteiger partial charge in [0.1, 0.15) is 0 Å². The molecule has 1 heterocycles. The largest absolute Gasteiger partial charge is 0.318 e. The molecule has 0 aromatic heterocycles. The van der Waals surface area contributed by atoms with Crippen LogP contribution in [0.25, 0.3) is 0 Å². The quantitative estimate of drug-likeness (QED) is 0.578. The van der Waals surface area contributed by atoms with Gasteiger partial charge in [-0.25, -0.2) is 4.39 Å². The molecular weight excluding hydrogens is 205 g/mol. The van der Waals surface area contributed by atoms with Crippen molar-refractivity contribution in [1.82, 2.24) is 5.06 Å². The lowest BCUT2D eigenvalue weighted by molar-refractivity contribution is -0.163. The van der Waals surface area contributed by atoms with Crippen LogP contribution >= 0.6 is 0 Å². The van der Waals surface area contributed by atoms with Crippen LogP contribution in [-0.2, 0) is 24.0 Å². The van der Waals surface area contributed by atoms with Gasteiger partial charge in [0.15, 0.2) is 0 Å². The van der Waals surface area contributed by atoms with Crippen molar-refractivity contribution >= 4 is 21.9 Å². The molecule has 6 nitrogen and oxygen atoms in total. The summed E-state index contributed by atoms with van der Waals surface area (Å²) >= 11 is 0. The summed E-state index contributed by atoms with van der Waals surface area (Å²) < 4.78 is 36.6. The number of rotatable bonds is 3. The third kappa shape index (κ3) is 2.22. The molecule has 1 fully saturated rings. The Morgan fingerprint density at radius 3 is 2.15 bits per heavy atom. The van der Waals surface area contributed by atoms with Gasteiger partial charge < -0.3 is 0 Å². The predicted molar refractivity (Wildman–Crippen MR) is 37.1 cm³/mol. The molecule has 0 unspecified atom stereocenters. The molecule has 0 spiro atoms. The molecule has 1 saturated heterocycles. The van der Waals surface area contributed by atoms with Crippen LogP contribution in [0.5, 0.6) is 0 Å². The third-order valence-corrected chi connectivity index (χ3v) is 1.97. The number of hydrogen-bond donors (Lipinski definition) is 0. The molecule has 13 heavy (non-hydrogen) atoms. The number of carbonyl (C=O) groups excluding carboxylic acids is 2. The van der Waals surface area contributed by atoms with E-state index in [0.717, 1.165) is 0 Å². The number of hydroxylamine groups is 2. The highest BCUT2D eigenvalue weighted by Crippen LogP contribution is 2.14. The molecule has 2 amide bonds. The van der Waals surface area contributed by atoms with E-state index in [1.165, 1.54) is 0 Å². The minimum Gasteiger partial charge on any atom is -0.272 e. The van der Waals surface area contributed by atoms with E-state index in [1.807, 2.05) is 0 Å². The van der Waals surface area contributed by atoms with Crippen LogP contribution in [0.15, 0.2) is 0 Å². The van der Waals surface area contributed by atoms with E-state index in [0.29, 0.717) is 0 Å². The molecule has 0 aromatic rings. The van der Waals surface area contributed by atoms with Crippen molar-refractivity contribution in [3.05, 3.63) is 0 Å². The highest BCUT2D eigenvalue weighted by molar-refractivity contribution is 7.86. The molecule has 0 atom stereocenters. The van der Waals surface area contributed by atoms with Gasteiger partial charge in [0, 0.05) is 12.8 Å². The van der Waals surface area contributed by atoms with Gasteiger partial charge in [-0.15, -0.1) is 9.35 Å². The number of alkyl halides is 1. The fourth-order valence-corrected chi connectivity index (χ4v) is 1.21. The monoisotopic (exact) mass is 211 g/mol. The minimum atomic E-state index is -4.45. The number of imide groups is 1. The summed E-state index contributed by atoms with van der Waals surface area (Å²) in [4.78, 5) is 21.5. The Kier molecular flexibility index (Phi) is 2.62. The zero-order valence-corrected chi connectivity index (χ0v) is 7.21. The second-order valence-corrected chi connectivity index (χ2v) is 3.81. The number of hydrogen-bond acceptors (Lipinski definition) is 5. The molecule has 0 aliphatic carbocycles. The first-order chi connectivity index (χ1) is 5.96. The van der Waals surface area contributed by atoms with E-state index in [2.05, 4.69) is 4.28 Å². The Hall–Kier alpha value is -1.02. The summed E-state index contributed by atoms with van der Waals surface area (Å²) in [7, 11) is -4.45. The SMILES string of the molecule is O=C1CCC(=O)N1OS(=O)(=O)CF. The average Bonchev–Trinajstić information content (AvgIpc) is 2.36. The van der Waals surface area contributed by atoms with Gasteiger partial charge in [-0.3, -0.25) is 9.59 Å². The number of halogens is 1. The maximum absolute atomic E-state index is 11.7. The first kappa shape index (κ1) is 10.1. The molecule has 0 radical (unpaired) electrons. The molecule has 1 aliphatic rings. The van der Waals surface area contributed by atoms with Crippen molar-refractivity contribution in [3.8, 4) is 0 Å². The lowest BCUT2D eigenvalue weighted by Crippen LogP contribution is -2.32. The van der Waals surface area contributed by atoms with Crippen LogP contribution in [0.3, 0.4) is 0 Å². The van der Waals surface area contributed by atoms with Crippen LogP contribution in [0.1, 0.15) is 12.8 Å². The summed E-state index contributed by atoms with van der Waals surface area (Å²) in [6.07, 6.45) is -0.221. The van der Waals surface area contributed by atoms with Crippen LogP contribution in [0.4, 0.5) is 4.39 Å². The molecule has 1 rings (SSSR count). The van der Waals surface area contributed by atoms with Gasteiger partial charge in [-0.2, -0.15) is 8.42 Å². The summed E-state index contributed by atoms with van der Waals surface area (Å²) in [6.45, 7) is 0. The molecule has 0 aromatic carbocycles. The maximum Gasteiger partial charge on any atom is 0.318 e. The van der Waals surface area contributed by atoms with E-state index < -0.39 is 27.9 Å². The van der Waals surface area contributed by atoms with Crippen molar-refractivity contribution in [2.75, 3.05) is 6.01 Å². The normalized spacial score (nSPS) is 18.4. The second kappa shape index (κ2) is 3.38. The number of amides is 2. The van der Waals surface area contributed by atoms with Gasteiger partial charge in [-0.05, 0) is 0 Å². The topological polar surface area (TPSA) is 80.8 Å². The number of carbonyl (C=O) groups is 2. The number of nitrogens with zero attached hydrogens (tertiary/aromatic N) is 1. The second-order valence-electron chi connectivity index (χ2n) is 2.32. The highest BCUT2D eigenvalue weighted by Gasteiger charge is 2.34. The first-order valence-electron chi connectivity index (χ1n) is 3.30. The van der Waals surface area contributed by atoms with E-state index >= 15 is 0 Å². The van der Waals surface area contributed by atoms with Crippen molar-refractivity contribution in [1.29, 1.82) is 0 Å². The van der Waals surface area contributed by atoms with Crippen molar-refractivity contribution in [2.24, 2.45) is 0 Å². The summed E-state index contributed by atoms with van der Waals surface area (Å²) in [6, 6.07) is -1.77. The smallest absolute Gasteiger partial charge is 0.272 e. The molecule has 0 N–H and O–H groups in total. The Labute approximate surface area is 73.3 Å². The van der Waals surface area contributed by atoms with E-state index in [4.69, 9.17) is 0 Å².